The third-order valence-corrected chi connectivity index (χ3v) is 5.63. The summed E-state index contributed by atoms with van der Waals surface area (Å²) < 4.78 is 19.9. The van der Waals surface area contributed by atoms with Crippen molar-refractivity contribution in [2.75, 3.05) is 6.61 Å². The van der Waals surface area contributed by atoms with Crippen molar-refractivity contribution in [3.8, 4) is 5.75 Å². The van der Waals surface area contributed by atoms with Gasteiger partial charge in [0.25, 0.3) is 0 Å². The molecule has 1 aliphatic heterocycles. The average Bonchev–Trinajstić information content (AvgIpc) is 3.24. The van der Waals surface area contributed by atoms with E-state index in [4.69, 9.17) is 14.0 Å². The average molecular weight is 354 g/mol. The Morgan fingerprint density at radius 3 is 2.38 bits per heavy atom. The fourth-order valence-electron chi connectivity index (χ4n) is 2.94. The molecule has 4 rings (SSSR count). The maximum atomic E-state index is 6.09. The summed E-state index contributed by atoms with van der Waals surface area (Å²) in [5.41, 5.74) is 1.46. The first-order chi connectivity index (χ1) is 12.3. The van der Waals surface area contributed by atoms with Crippen LogP contribution < -0.4 is 10.2 Å². The number of benzene rings is 1. The molecule has 2 heterocycles. The summed E-state index contributed by atoms with van der Waals surface area (Å²) >= 11 is 0. The molecular weight excluding hydrogens is 327 g/mol. The zero-order chi connectivity index (χ0) is 18.4. The smallest absolute Gasteiger partial charge is 0.493 e. The number of hydrogen-bond acceptors (Lipinski definition) is 4. The second-order valence-electron chi connectivity index (χ2n) is 8.46. The van der Waals surface area contributed by atoms with Crippen LogP contribution in [-0.2, 0) is 15.9 Å². The molecule has 0 unspecified atom stereocenters. The molecule has 1 saturated carbocycles. The monoisotopic (exact) mass is 354 g/mol. The molecule has 0 amide bonds. The van der Waals surface area contributed by atoms with Crippen molar-refractivity contribution in [3.63, 3.8) is 0 Å². The van der Waals surface area contributed by atoms with Crippen molar-refractivity contribution in [1.29, 1.82) is 0 Å². The van der Waals surface area contributed by atoms with Crippen LogP contribution in [0.25, 0.3) is 0 Å². The molecule has 2 fully saturated rings. The maximum Gasteiger partial charge on any atom is 0.498 e. The normalized spacial score (nSPS) is 21.2. The molecule has 5 nitrogen and oxygen atoms in total. The van der Waals surface area contributed by atoms with Crippen molar-refractivity contribution in [2.24, 2.45) is 5.92 Å². The second kappa shape index (κ2) is 6.43. The molecule has 1 saturated heterocycles. The lowest BCUT2D eigenvalue weighted by Crippen LogP contribution is -2.41. The quantitative estimate of drug-likeness (QED) is 0.748. The molecule has 1 aromatic carbocycles. The number of hydrogen-bond donors (Lipinski definition) is 0. The third-order valence-electron chi connectivity index (χ3n) is 5.63. The van der Waals surface area contributed by atoms with Gasteiger partial charge in [0, 0.05) is 17.9 Å². The predicted octanol–water partition coefficient (Wildman–Crippen LogP) is 3.02. The summed E-state index contributed by atoms with van der Waals surface area (Å²) in [6.45, 7) is 9.79. The summed E-state index contributed by atoms with van der Waals surface area (Å²) in [7, 11) is -0.369. The first-order valence-electron chi connectivity index (χ1n) is 9.42. The van der Waals surface area contributed by atoms with Crippen LogP contribution in [0.15, 0.2) is 36.7 Å². The molecular formula is C20H27BN2O3. The van der Waals surface area contributed by atoms with Gasteiger partial charge in [-0.25, -0.2) is 0 Å². The van der Waals surface area contributed by atoms with Gasteiger partial charge in [-0.15, -0.1) is 0 Å². The lowest BCUT2D eigenvalue weighted by molar-refractivity contribution is 0.00578. The molecule has 26 heavy (non-hydrogen) atoms. The lowest BCUT2D eigenvalue weighted by atomic mass is 9.82. The van der Waals surface area contributed by atoms with Gasteiger partial charge >= 0.3 is 7.12 Å². The standard InChI is InChI=1S/C20H27BN2O3/c1-19(2)20(3,4)26-21(25-19)17-11-22-23(13-17)12-15-7-9-18(10-8-15)24-14-16-5-6-16/h7-11,13,16H,5-6,12,14H2,1-4H3. The van der Waals surface area contributed by atoms with Gasteiger partial charge in [-0.3, -0.25) is 4.68 Å². The van der Waals surface area contributed by atoms with Crippen LogP contribution in [0.1, 0.15) is 46.1 Å². The van der Waals surface area contributed by atoms with Crippen molar-refractivity contribution in [3.05, 3.63) is 42.2 Å². The van der Waals surface area contributed by atoms with Crippen LogP contribution >= 0.6 is 0 Å². The summed E-state index contributed by atoms with van der Waals surface area (Å²) in [5.74, 6) is 1.71. The van der Waals surface area contributed by atoms with E-state index in [1.807, 2.05) is 29.2 Å². The van der Waals surface area contributed by atoms with E-state index in [0.717, 1.165) is 23.7 Å². The van der Waals surface area contributed by atoms with Gasteiger partial charge in [0.2, 0.25) is 0 Å². The fourth-order valence-corrected chi connectivity index (χ4v) is 2.94. The van der Waals surface area contributed by atoms with Gasteiger partial charge in [0.15, 0.2) is 0 Å². The first kappa shape index (κ1) is 17.6. The van der Waals surface area contributed by atoms with Crippen molar-refractivity contribution in [2.45, 2.75) is 58.3 Å². The van der Waals surface area contributed by atoms with E-state index < -0.39 is 0 Å². The van der Waals surface area contributed by atoms with Gasteiger partial charge < -0.3 is 14.0 Å². The molecule has 1 aliphatic carbocycles. The number of nitrogens with zero attached hydrogens (tertiary/aromatic N) is 2. The molecule has 0 radical (unpaired) electrons. The molecule has 1 aromatic heterocycles. The first-order valence-corrected chi connectivity index (χ1v) is 9.42. The zero-order valence-electron chi connectivity index (χ0n) is 16.1. The Morgan fingerprint density at radius 2 is 1.77 bits per heavy atom. The highest BCUT2D eigenvalue weighted by Gasteiger charge is 2.52. The van der Waals surface area contributed by atoms with Crippen LogP contribution in [0.4, 0.5) is 0 Å². The highest BCUT2D eigenvalue weighted by atomic mass is 16.7. The predicted molar refractivity (Wildman–Crippen MR) is 102 cm³/mol. The molecule has 0 spiro atoms. The maximum absolute atomic E-state index is 6.09. The summed E-state index contributed by atoms with van der Waals surface area (Å²) in [5, 5.41) is 4.47. The minimum Gasteiger partial charge on any atom is -0.493 e. The Bertz CT molecular complexity index is 750. The van der Waals surface area contributed by atoms with Gasteiger partial charge in [-0.2, -0.15) is 5.10 Å². The van der Waals surface area contributed by atoms with E-state index in [9.17, 15) is 0 Å². The van der Waals surface area contributed by atoms with E-state index in [1.165, 1.54) is 18.4 Å². The number of rotatable bonds is 6. The second-order valence-corrected chi connectivity index (χ2v) is 8.46. The van der Waals surface area contributed by atoms with E-state index >= 15 is 0 Å². The van der Waals surface area contributed by atoms with E-state index in [-0.39, 0.29) is 18.3 Å². The minimum atomic E-state index is -0.369. The van der Waals surface area contributed by atoms with E-state index in [2.05, 4.69) is 44.9 Å². The Hall–Kier alpha value is -1.79. The van der Waals surface area contributed by atoms with Crippen LogP contribution in [0, 0.1) is 5.92 Å². The Labute approximate surface area is 155 Å². The summed E-state index contributed by atoms with van der Waals surface area (Å²) in [4.78, 5) is 0. The highest BCUT2D eigenvalue weighted by Crippen LogP contribution is 2.36. The SMILES string of the molecule is CC1(C)OB(c2cnn(Cc3ccc(OCC4CC4)cc3)c2)OC1(C)C. The van der Waals surface area contributed by atoms with Crippen molar-refractivity contribution >= 4 is 12.6 Å². The molecule has 6 heteroatoms. The topological polar surface area (TPSA) is 45.5 Å². The minimum absolute atomic E-state index is 0.337. The lowest BCUT2D eigenvalue weighted by Gasteiger charge is -2.32. The van der Waals surface area contributed by atoms with Crippen LogP contribution in [0.2, 0.25) is 0 Å². The summed E-state index contributed by atoms with van der Waals surface area (Å²) in [6.07, 6.45) is 6.44. The van der Waals surface area contributed by atoms with Gasteiger partial charge in [-0.1, -0.05) is 12.1 Å². The van der Waals surface area contributed by atoms with Gasteiger partial charge in [0.1, 0.15) is 5.75 Å². The van der Waals surface area contributed by atoms with Gasteiger partial charge in [0.05, 0.1) is 24.4 Å². The fraction of sp³-hybridized carbons (Fsp3) is 0.550. The molecule has 2 aromatic rings. The third kappa shape index (κ3) is 3.67. The van der Waals surface area contributed by atoms with Gasteiger partial charge in [-0.05, 0) is 64.2 Å². The highest BCUT2D eigenvalue weighted by molar-refractivity contribution is 6.61. The molecule has 0 bridgehead atoms. The van der Waals surface area contributed by atoms with E-state index in [1.54, 1.807) is 0 Å². The largest absolute Gasteiger partial charge is 0.498 e. The Kier molecular flexibility index (Phi) is 4.36. The molecule has 138 valence electrons. The molecule has 0 atom stereocenters. The number of aromatic nitrogens is 2. The van der Waals surface area contributed by atoms with Crippen LogP contribution in [-0.4, -0.2) is 34.7 Å². The number of ether oxygens (including phenoxy) is 1. The molecule has 2 aliphatic rings. The summed E-state index contributed by atoms with van der Waals surface area (Å²) in [6, 6.07) is 8.27. The van der Waals surface area contributed by atoms with Crippen LogP contribution in [0.3, 0.4) is 0 Å². The van der Waals surface area contributed by atoms with E-state index in [0.29, 0.717) is 6.54 Å². The van der Waals surface area contributed by atoms with Crippen molar-refractivity contribution < 1.29 is 14.0 Å². The zero-order valence-corrected chi connectivity index (χ0v) is 16.1. The van der Waals surface area contributed by atoms with Crippen LogP contribution in [0.5, 0.6) is 5.75 Å². The molecule has 0 N–H and O–H groups in total. The Balaban J connectivity index is 1.37. The van der Waals surface area contributed by atoms with Crippen molar-refractivity contribution in [1.82, 2.24) is 9.78 Å². The Morgan fingerprint density at radius 1 is 1.12 bits per heavy atom.